The van der Waals surface area contributed by atoms with Crippen LogP contribution >= 0.6 is 0 Å². The van der Waals surface area contributed by atoms with Gasteiger partial charge in [0.1, 0.15) is 0 Å². The minimum Gasteiger partial charge on any atom is -0.358 e. The molecule has 464 valence electrons. The van der Waals surface area contributed by atoms with E-state index < -0.39 is 0 Å². The average Bonchev–Trinajstić information content (AvgIpc) is 2.89. The van der Waals surface area contributed by atoms with E-state index in [0.717, 1.165) is 0 Å². The molecule has 0 heteroatoms. The topological polar surface area (TPSA) is 0 Å². The minimum absolute atomic E-state index is 1.87. The second kappa shape index (κ2) is 88.8. The summed E-state index contributed by atoms with van der Waals surface area (Å²) in [6.45, 7) is 3.32. The predicted octanol–water partition coefficient (Wildman–Crippen LogP) is 0.601. The summed E-state index contributed by atoms with van der Waals surface area (Å²) < 4.78 is 0. The molecule has 0 atom stereocenters. The van der Waals surface area contributed by atoms with Gasteiger partial charge in [-0.2, -0.15) is 6.92 Å². The van der Waals surface area contributed by atoms with E-state index in [4.69, 9.17) is 6.42 Å². The smallest absolute Gasteiger partial charge is 0 e. The fourth-order valence-corrected chi connectivity index (χ4v) is 3.48. The molecule has 0 nitrogen and oxygen atoms in total. The summed E-state index contributed by atoms with van der Waals surface area (Å²) in [6, 6.07) is 0. The molecule has 0 rings (SSSR count). The molecule has 0 aliphatic rings. The lowest BCUT2D eigenvalue weighted by atomic mass is 10.4. The fourth-order valence-electron chi connectivity index (χ4n) is 3.48. The SMILES string of the molecule is [C-]#CC#CC#CC#CC#CC#CC#CC#CC#CC#CC#CC#CC#CC#CC#CC#CC#CC#CC#CC#CC#CC#CC#CC#CC#CC#CC#CC#CC#CC#CC#CC#CC#CC#CC#CC#CC#CC#CC#CC#CC#CC#CC#CC#CC#CC#CC#CC#CC#CC#CC#CC#CC#CC#CC#CC#CC#C[CH2-]. The van der Waals surface area contributed by atoms with Crippen molar-refractivity contribution in [2.45, 2.75) is 0 Å². The summed E-state index contributed by atoms with van der Waals surface area (Å²) in [5.74, 6) is 281. The molecule has 0 fully saturated rings. The van der Waals surface area contributed by atoms with Gasteiger partial charge in [-0.25, -0.2) is 11.8 Å². The van der Waals surface area contributed by atoms with Crippen molar-refractivity contribution in [3.05, 3.63) is 13.3 Å². The van der Waals surface area contributed by atoms with Crippen LogP contribution in [0.1, 0.15) is 0 Å². The Morgan fingerprint density at radius 1 is 0.0696 bits per heavy atom. The molecule has 0 unspecified atom stereocenters. The molecule has 0 saturated heterocycles. The average molecular weight is 1380 g/mol. The van der Waals surface area contributed by atoms with Crippen molar-refractivity contribution in [3.63, 3.8) is 0 Å². The Bertz CT molecular complexity index is 8120. The van der Waals surface area contributed by atoms with Crippen molar-refractivity contribution in [2.75, 3.05) is 0 Å². The van der Waals surface area contributed by atoms with Gasteiger partial charge in [0, 0.05) is 539 Å². The summed E-state index contributed by atoms with van der Waals surface area (Å²) in [7, 11) is 0. The van der Waals surface area contributed by atoms with E-state index in [1.165, 1.54) is 0 Å². The normalized spacial score (nSPS) is 3.96. The molecule has 0 aliphatic carbocycles. The van der Waals surface area contributed by atoms with Crippen molar-refractivity contribution >= 4 is 0 Å². The van der Waals surface area contributed by atoms with Crippen LogP contribution in [-0.4, -0.2) is 0 Å². The molecule has 0 radical (unpaired) electrons. The molecule has 115 heavy (non-hydrogen) atoms. The number of hydrogen-bond acceptors (Lipinski definition) is 0. The first-order valence-electron chi connectivity index (χ1n) is 28.6. The highest BCUT2D eigenvalue weighted by atomic mass is 13.7. The Morgan fingerprint density at radius 2 is 0.113 bits per heavy atom. The lowest BCUT2D eigenvalue weighted by Gasteiger charge is -1.64. The molecule has 0 heterocycles. The highest BCUT2D eigenvalue weighted by Gasteiger charge is 1.68. The predicted molar refractivity (Wildman–Crippen MR) is 448 cm³/mol. The standard InChI is InChI=1S/C115H2/c1-3-5-7-9-11-13-15-17-19-21-23-25-27-29-31-33-35-37-39-41-43-45-47-49-51-53-55-57-59-61-63-65-67-69-71-73-75-77-79-81-83-85-87-89-91-93-95-97-99-101-103-105-107-109-111-113-115-114-112-110-108-106-104-102-100-98-96-94-92-90-88-86-84-82-80-78-76-74-72-70-68-66-64-62-60-58-56-54-52-50-48-46-44-42-40-38-36-34-32-30-28-26-24-22-20-18-16-14-12-10-8-6-4-2/h1H2/q-2. The molecule has 0 aliphatic heterocycles. The first-order chi connectivity index (χ1) is 57.4. The van der Waals surface area contributed by atoms with E-state index in [2.05, 4.69) is 670 Å². The number of rotatable bonds is 0. The quantitative estimate of drug-likeness (QED) is 0.247. The van der Waals surface area contributed by atoms with Crippen molar-refractivity contribution in [3.8, 4) is 669 Å². The van der Waals surface area contributed by atoms with Gasteiger partial charge in [-0.3, -0.25) is 11.8 Å². The Kier molecular flexibility index (Phi) is 69.3. The van der Waals surface area contributed by atoms with E-state index in [1.54, 1.807) is 0 Å². The van der Waals surface area contributed by atoms with E-state index in [9.17, 15) is 0 Å². The number of hydrogen-bond donors (Lipinski definition) is 0. The van der Waals surface area contributed by atoms with Crippen molar-refractivity contribution < 1.29 is 0 Å². The van der Waals surface area contributed by atoms with Gasteiger partial charge in [-0.15, -0.1) is 11.8 Å². The van der Waals surface area contributed by atoms with E-state index >= 15 is 0 Å². The zero-order valence-corrected chi connectivity index (χ0v) is 57.7. The zero-order chi connectivity index (χ0) is 81.9. The summed E-state index contributed by atoms with van der Waals surface area (Å²) in [4.78, 5) is 0. The first-order valence-corrected chi connectivity index (χ1v) is 28.6. The van der Waals surface area contributed by atoms with Crippen LogP contribution in [0.15, 0.2) is 0 Å². The Labute approximate surface area is 677 Å². The third-order valence-corrected chi connectivity index (χ3v) is 7.03. The monoisotopic (exact) mass is 1380 g/mol. The first kappa shape index (κ1) is 89.8. The van der Waals surface area contributed by atoms with Gasteiger partial charge in [0.15, 0.2) is 0 Å². The van der Waals surface area contributed by atoms with Gasteiger partial charge in [0.2, 0.25) is 0 Å². The molecule has 0 saturated carbocycles. The Balaban J connectivity index is 4.65. The van der Waals surface area contributed by atoms with Gasteiger partial charge in [0.25, 0.3) is 0 Å². The molecular weight excluding hydrogens is 1380 g/mol. The molecule has 0 aromatic rings. The lowest BCUT2D eigenvalue weighted by molar-refractivity contribution is 2.31. The van der Waals surface area contributed by atoms with Gasteiger partial charge >= 0.3 is 0 Å². The maximum Gasteiger partial charge on any atom is 0 e. The van der Waals surface area contributed by atoms with Crippen molar-refractivity contribution in [1.29, 1.82) is 0 Å². The van der Waals surface area contributed by atoms with Crippen LogP contribution in [0.3, 0.4) is 0 Å². The molecular formula is C115H2-2. The third-order valence-electron chi connectivity index (χ3n) is 7.03. The lowest BCUT2D eigenvalue weighted by Crippen LogP contribution is -1.57. The van der Waals surface area contributed by atoms with E-state index in [-0.39, 0.29) is 0 Å². The zero-order valence-electron chi connectivity index (χ0n) is 57.7. The third kappa shape index (κ3) is 88.8. The van der Waals surface area contributed by atoms with Gasteiger partial charge in [-0.05, 0) is 94.7 Å². The summed E-state index contributed by atoms with van der Waals surface area (Å²) in [5.41, 5.74) is 0. The molecule has 0 aromatic heterocycles. The molecule has 0 aromatic carbocycles. The second-order valence-corrected chi connectivity index (χ2v) is 14.2. The highest BCUT2D eigenvalue weighted by Crippen LogP contribution is 1.69. The largest absolute Gasteiger partial charge is 0.358 e. The molecule has 0 amide bonds. The van der Waals surface area contributed by atoms with E-state index in [1.807, 2.05) is 5.92 Å². The summed E-state index contributed by atoms with van der Waals surface area (Å²) in [6.07, 6.45) is 6.59. The fraction of sp³-hybridized carbons (Fsp3) is 0. The van der Waals surface area contributed by atoms with Gasteiger partial charge in [-0.1, -0.05) is 0 Å². The van der Waals surface area contributed by atoms with Crippen LogP contribution in [0.25, 0.3) is 0 Å². The molecule has 0 spiro atoms. The van der Waals surface area contributed by atoms with Crippen LogP contribution in [0.4, 0.5) is 0 Å². The highest BCUT2D eigenvalue weighted by molar-refractivity contribution is 5.57. The molecule has 0 N–H and O–H groups in total. The maximum absolute atomic E-state index is 6.59. The van der Waals surface area contributed by atoms with Crippen LogP contribution in [0.2, 0.25) is 0 Å². The minimum atomic E-state index is 1.87. The van der Waals surface area contributed by atoms with Crippen molar-refractivity contribution in [1.82, 2.24) is 0 Å². The van der Waals surface area contributed by atoms with Crippen LogP contribution in [-0.2, 0) is 0 Å². The maximum atomic E-state index is 6.59. The Morgan fingerprint density at radius 3 is 0.157 bits per heavy atom. The van der Waals surface area contributed by atoms with Crippen LogP contribution in [0.5, 0.6) is 0 Å². The second-order valence-electron chi connectivity index (χ2n) is 14.2. The van der Waals surface area contributed by atoms with Crippen LogP contribution < -0.4 is 0 Å². The van der Waals surface area contributed by atoms with Crippen molar-refractivity contribution in [2.24, 2.45) is 0 Å². The summed E-state index contributed by atoms with van der Waals surface area (Å²) in [5, 5.41) is 0. The van der Waals surface area contributed by atoms with Gasteiger partial charge in [0.05, 0.1) is 0 Å². The van der Waals surface area contributed by atoms with Gasteiger partial charge < -0.3 is 6.42 Å². The van der Waals surface area contributed by atoms with E-state index in [0.29, 0.717) is 0 Å². The Hall–Kier alpha value is -25.2. The summed E-state index contributed by atoms with van der Waals surface area (Å²) >= 11 is 0. The molecule has 0 bridgehead atoms. The van der Waals surface area contributed by atoms with Crippen LogP contribution in [0, 0.1) is 682 Å².